The lowest BCUT2D eigenvalue weighted by atomic mass is 9.93. The van der Waals surface area contributed by atoms with Gasteiger partial charge in [-0.15, -0.1) is 0 Å². The Balaban J connectivity index is 1.94. The molecule has 0 bridgehead atoms. The number of piperidine rings is 1. The molecule has 1 aromatic carbocycles. The molecule has 0 aromatic heterocycles. The maximum absolute atomic E-state index is 5.80. The largest absolute Gasteiger partial charge is 0.368 e. The molecular formula is C13H17BrN2. The number of fused-ring (bicyclic) bond motifs is 3. The minimum atomic E-state index is 0.682. The van der Waals surface area contributed by atoms with E-state index < -0.39 is 0 Å². The van der Waals surface area contributed by atoms with Gasteiger partial charge in [0, 0.05) is 22.7 Å². The summed E-state index contributed by atoms with van der Waals surface area (Å²) >= 11 is 3.66. The summed E-state index contributed by atoms with van der Waals surface area (Å²) in [5.74, 6) is 0.682. The van der Waals surface area contributed by atoms with Gasteiger partial charge in [0.25, 0.3) is 0 Å². The maximum atomic E-state index is 5.80. The summed E-state index contributed by atoms with van der Waals surface area (Å²) in [5, 5.41) is 0. The van der Waals surface area contributed by atoms with Crippen LogP contribution in [-0.2, 0) is 6.42 Å². The van der Waals surface area contributed by atoms with Crippen LogP contribution in [0.2, 0.25) is 0 Å². The van der Waals surface area contributed by atoms with Crippen molar-refractivity contribution in [1.29, 1.82) is 0 Å². The van der Waals surface area contributed by atoms with Crippen LogP contribution < -0.4 is 10.6 Å². The van der Waals surface area contributed by atoms with Crippen molar-refractivity contribution in [3.8, 4) is 0 Å². The van der Waals surface area contributed by atoms with Crippen molar-refractivity contribution < 1.29 is 0 Å². The Morgan fingerprint density at radius 3 is 3.06 bits per heavy atom. The molecule has 0 aliphatic carbocycles. The van der Waals surface area contributed by atoms with Crippen LogP contribution in [0, 0.1) is 5.92 Å². The fraction of sp³-hybridized carbons (Fsp3) is 0.538. The molecule has 86 valence electrons. The number of anilines is 1. The van der Waals surface area contributed by atoms with Gasteiger partial charge >= 0.3 is 0 Å². The van der Waals surface area contributed by atoms with Gasteiger partial charge in [0.05, 0.1) is 0 Å². The number of hydrogen-bond acceptors (Lipinski definition) is 2. The van der Waals surface area contributed by atoms with Crippen LogP contribution in [0.3, 0.4) is 0 Å². The number of nitrogens with two attached hydrogens (primary N) is 1. The third kappa shape index (κ3) is 1.57. The van der Waals surface area contributed by atoms with Gasteiger partial charge in [-0.2, -0.15) is 0 Å². The average Bonchev–Trinajstić information content (AvgIpc) is 2.68. The molecule has 16 heavy (non-hydrogen) atoms. The molecule has 3 rings (SSSR count). The summed E-state index contributed by atoms with van der Waals surface area (Å²) in [6.07, 6.45) is 3.79. The number of hydrogen-bond donors (Lipinski definition) is 1. The molecule has 1 saturated heterocycles. The Morgan fingerprint density at radius 2 is 2.25 bits per heavy atom. The molecule has 0 amide bonds. The van der Waals surface area contributed by atoms with Crippen molar-refractivity contribution in [1.82, 2.24) is 0 Å². The van der Waals surface area contributed by atoms with Gasteiger partial charge < -0.3 is 10.6 Å². The molecule has 1 aromatic rings. The fourth-order valence-corrected chi connectivity index (χ4v) is 3.57. The molecule has 0 spiro atoms. The van der Waals surface area contributed by atoms with Crippen molar-refractivity contribution in [2.75, 3.05) is 18.0 Å². The number of nitrogens with zero attached hydrogens (tertiary/aromatic N) is 1. The molecule has 3 heteroatoms. The minimum Gasteiger partial charge on any atom is -0.368 e. The van der Waals surface area contributed by atoms with Crippen molar-refractivity contribution in [3.63, 3.8) is 0 Å². The van der Waals surface area contributed by atoms with E-state index in [1.807, 2.05) is 0 Å². The van der Waals surface area contributed by atoms with Gasteiger partial charge in [-0.05, 0) is 49.4 Å². The quantitative estimate of drug-likeness (QED) is 0.857. The van der Waals surface area contributed by atoms with E-state index in [0.717, 1.165) is 19.1 Å². The second kappa shape index (κ2) is 4.04. The molecule has 2 atom stereocenters. The summed E-state index contributed by atoms with van der Waals surface area (Å²) < 4.78 is 1.27. The Labute approximate surface area is 105 Å². The molecule has 2 N–H and O–H groups in total. The van der Waals surface area contributed by atoms with Crippen LogP contribution in [0.1, 0.15) is 18.4 Å². The second-order valence-electron chi connectivity index (χ2n) is 4.93. The van der Waals surface area contributed by atoms with Gasteiger partial charge in [-0.25, -0.2) is 0 Å². The minimum absolute atomic E-state index is 0.682. The molecule has 0 saturated carbocycles. The van der Waals surface area contributed by atoms with E-state index in [0.29, 0.717) is 5.92 Å². The zero-order chi connectivity index (χ0) is 11.1. The fourth-order valence-electron chi connectivity index (χ4n) is 3.06. The average molecular weight is 281 g/mol. The lowest BCUT2D eigenvalue weighted by Gasteiger charge is -2.36. The molecule has 2 aliphatic rings. The first-order chi connectivity index (χ1) is 7.79. The van der Waals surface area contributed by atoms with Crippen LogP contribution in [0.5, 0.6) is 0 Å². The molecular weight excluding hydrogens is 264 g/mol. The van der Waals surface area contributed by atoms with Crippen LogP contribution in [0.25, 0.3) is 0 Å². The Morgan fingerprint density at radius 1 is 1.38 bits per heavy atom. The van der Waals surface area contributed by atoms with Gasteiger partial charge in [0.2, 0.25) is 0 Å². The number of halogens is 1. The third-order valence-corrected chi connectivity index (χ3v) is 4.72. The lowest BCUT2D eigenvalue weighted by molar-refractivity contribution is 0.371. The van der Waals surface area contributed by atoms with E-state index in [-0.39, 0.29) is 0 Å². The molecule has 0 radical (unpaired) electrons. The first kappa shape index (κ1) is 10.6. The van der Waals surface area contributed by atoms with Gasteiger partial charge in [0.15, 0.2) is 0 Å². The Bertz CT molecular complexity index is 405. The highest BCUT2D eigenvalue weighted by Crippen LogP contribution is 2.41. The zero-order valence-electron chi connectivity index (χ0n) is 9.32. The first-order valence-corrected chi connectivity index (χ1v) is 6.83. The van der Waals surface area contributed by atoms with Crippen LogP contribution in [0.4, 0.5) is 5.69 Å². The third-order valence-electron chi connectivity index (χ3n) is 3.98. The van der Waals surface area contributed by atoms with Crippen molar-refractivity contribution in [3.05, 3.63) is 28.2 Å². The smallest absolute Gasteiger partial charge is 0.0413 e. The SMILES string of the molecule is NCC1CCC2Cc3c(Br)cccc3N2C1. The Kier molecular flexibility index (Phi) is 2.68. The summed E-state index contributed by atoms with van der Waals surface area (Å²) in [4.78, 5) is 2.57. The van der Waals surface area contributed by atoms with E-state index in [1.54, 1.807) is 0 Å². The highest BCUT2D eigenvalue weighted by molar-refractivity contribution is 9.10. The summed E-state index contributed by atoms with van der Waals surface area (Å²) in [6.45, 7) is 1.97. The molecule has 2 nitrogen and oxygen atoms in total. The topological polar surface area (TPSA) is 29.3 Å². The molecule has 2 unspecified atom stereocenters. The normalized spacial score (nSPS) is 27.8. The van der Waals surface area contributed by atoms with Gasteiger partial charge in [-0.3, -0.25) is 0 Å². The summed E-state index contributed by atoms with van der Waals surface area (Å²) in [7, 11) is 0. The molecule has 2 aliphatic heterocycles. The summed E-state index contributed by atoms with van der Waals surface area (Å²) in [6, 6.07) is 7.25. The number of rotatable bonds is 1. The highest BCUT2D eigenvalue weighted by Gasteiger charge is 2.34. The van der Waals surface area contributed by atoms with E-state index in [9.17, 15) is 0 Å². The number of benzene rings is 1. The highest BCUT2D eigenvalue weighted by atomic mass is 79.9. The summed E-state index contributed by atoms with van der Waals surface area (Å²) in [5.41, 5.74) is 8.72. The van der Waals surface area contributed by atoms with Crippen LogP contribution in [0.15, 0.2) is 22.7 Å². The zero-order valence-corrected chi connectivity index (χ0v) is 10.9. The second-order valence-corrected chi connectivity index (χ2v) is 5.78. The van der Waals surface area contributed by atoms with Crippen molar-refractivity contribution in [2.24, 2.45) is 11.7 Å². The predicted octanol–water partition coefficient (Wildman–Crippen LogP) is 2.55. The van der Waals surface area contributed by atoms with E-state index in [1.165, 1.54) is 35.0 Å². The van der Waals surface area contributed by atoms with Crippen LogP contribution in [-0.4, -0.2) is 19.1 Å². The molecule has 1 fully saturated rings. The van der Waals surface area contributed by atoms with E-state index in [2.05, 4.69) is 39.0 Å². The van der Waals surface area contributed by atoms with E-state index >= 15 is 0 Å². The van der Waals surface area contributed by atoms with Crippen molar-refractivity contribution in [2.45, 2.75) is 25.3 Å². The van der Waals surface area contributed by atoms with Crippen molar-refractivity contribution >= 4 is 21.6 Å². The first-order valence-electron chi connectivity index (χ1n) is 6.03. The standard InChI is InChI=1S/C13H17BrN2/c14-12-2-1-3-13-11(12)6-10-5-4-9(7-15)8-16(10)13/h1-3,9-10H,4-8,15H2. The lowest BCUT2D eigenvalue weighted by Crippen LogP contribution is -2.43. The molecule has 2 heterocycles. The van der Waals surface area contributed by atoms with Crippen LogP contribution >= 0.6 is 15.9 Å². The van der Waals surface area contributed by atoms with Gasteiger partial charge in [-0.1, -0.05) is 22.0 Å². The predicted molar refractivity (Wildman–Crippen MR) is 70.8 cm³/mol. The van der Waals surface area contributed by atoms with Gasteiger partial charge in [0.1, 0.15) is 0 Å². The Hall–Kier alpha value is -0.540. The maximum Gasteiger partial charge on any atom is 0.0413 e. The monoisotopic (exact) mass is 280 g/mol. The van der Waals surface area contributed by atoms with E-state index in [4.69, 9.17) is 5.73 Å².